The minimum absolute atomic E-state index is 0.0805. The van der Waals surface area contributed by atoms with Gasteiger partial charge in [0.1, 0.15) is 33.7 Å². The van der Waals surface area contributed by atoms with Crippen LogP contribution in [0.2, 0.25) is 0 Å². The van der Waals surface area contributed by atoms with Gasteiger partial charge in [-0.1, -0.05) is 45.0 Å². The van der Waals surface area contributed by atoms with Gasteiger partial charge in [-0.25, -0.2) is 8.42 Å². The highest BCUT2D eigenvalue weighted by molar-refractivity contribution is 7.92. The Morgan fingerprint density at radius 2 is 1.66 bits per heavy atom. The van der Waals surface area contributed by atoms with Gasteiger partial charge in [-0.15, -0.1) is 0 Å². The Labute approximate surface area is 207 Å². The molecule has 0 aliphatic rings. The van der Waals surface area contributed by atoms with Crippen LogP contribution >= 0.6 is 0 Å². The summed E-state index contributed by atoms with van der Waals surface area (Å²) in [5.41, 5.74) is 2.27. The molecule has 35 heavy (non-hydrogen) atoms. The molecule has 0 atom stereocenters. The number of aryl methyl sites for hydroxylation is 1. The predicted octanol–water partition coefficient (Wildman–Crippen LogP) is 6.11. The van der Waals surface area contributed by atoms with Gasteiger partial charge in [0.2, 0.25) is 0 Å². The number of carbonyl (C=O) groups is 1. The van der Waals surface area contributed by atoms with Gasteiger partial charge in [0.05, 0.1) is 18.7 Å². The summed E-state index contributed by atoms with van der Waals surface area (Å²) in [7, 11) is -2.44. The topological polar surface area (TPSA) is 93.5 Å². The molecule has 7 heteroatoms. The van der Waals surface area contributed by atoms with Gasteiger partial charge in [0, 0.05) is 6.42 Å². The number of hydrogen-bond acceptors (Lipinski definition) is 6. The van der Waals surface area contributed by atoms with Crippen molar-refractivity contribution < 1.29 is 22.7 Å². The fourth-order valence-electron chi connectivity index (χ4n) is 3.69. The molecule has 0 saturated carbocycles. The molecule has 0 unspecified atom stereocenters. The molecular formula is C28H29NO5S. The monoisotopic (exact) mass is 491 g/mol. The average Bonchev–Trinajstić information content (AvgIpc) is 2.77. The van der Waals surface area contributed by atoms with Gasteiger partial charge in [0.15, 0.2) is 9.84 Å². The van der Waals surface area contributed by atoms with Crippen LogP contribution in [0.4, 0.5) is 0 Å². The summed E-state index contributed by atoms with van der Waals surface area (Å²) in [6, 6.07) is 19.6. The van der Waals surface area contributed by atoms with Gasteiger partial charge in [-0.3, -0.25) is 4.79 Å². The first kappa shape index (κ1) is 26.0. The van der Waals surface area contributed by atoms with Gasteiger partial charge >= 0.3 is 0 Å². The molecule has 0 saturated heterocycles. The van der Waals surface area contributed by atoms with Crippen LogP contribution in [0.1, 0.15) is 38.3 Å². The van der Waals surface area contributed by atoms with Gasteiger partial charge in [-0.2, -0.15) is 5.26 Å². The van der Waals surface area contributed by atoms with Crippen LogP contribution in [-0.4, -0.2) is 27.1 Å². The summed E-state index contributed by atoms with van der Waals surface area (Å²) in [4.78, 5) is 12.3. The van der Waals surface area contributed by atoms with Crippen molar-refractivity contribution in [2.75, 3.05) is 12.9 Å². The third-order valence-electron chi connectivity index (χ3n) is 5.31. The maximum Gasteiger partial charge on any atom is 0.189 e. The Kier molecular flexibility index (Phi) is 7.67. The van der Waals surface area contributed by atoms with E-state index >= 15 is 0 Å². The van der Waals surface area contributed by atoms with Crippen molar-refractivity contribution in [1.82, 2.24) is 0 Å². The van der Waals surface area contributed by atoms with Crippen molar-refractivity contribution in [1.29, 1.82) is 5.26 Å². The molecule has 0 heterocycles. The van der Waals surface area contributed by atoms with E-state index in [1.807, 2.05) is 63.2 Å². The van der Waals surface area contributed by atoms with Gasteiger partial charge in [-0.05, 0) is 65.4 Å². The van der Waals surface area contributed by atoms with Crippen LogP contribution in [-0.2, 0) is 14.6 Å². The highest BCUT2D eigenvalue weighted by Gasteiger charge is 2.27. The van der Waals surface area contributed by atoms with E-state index in [0.29, 0.717) is 11.3 Å². The second-order valence-corrected chi connectivity index (χ2v) is 11.6. The zero-order valence-electron chi connectivity index (χ0n) is 20.6. The first-order chi connectivity index (χ1) is 16.4. The minimum atomic E-state index is -4.04. The summed E-state index contributed by atoms with van der Waals surface area (Å²) >= 11 is 0. The van der Waals surface area contributed by atoms with Gasteiger partial charge < -0.3 is 9.47 Å². The molecule has 0 aliphatic carbocycles. The summed E-state index contributed by atoms with van der Waals surface area (Å²) in [6.07, 6.45) is 0.128. The maximum absolute atomic E-state index is 13.2. The smallest absolute Gasteiger partial charge is 0.189 e. The highest BCUT2D eigenvalue weighted by Crippen LogP contribution is 2.34. The molecule has 0 radical (unpaired) electrons. The number of ketones is 1. The lowest BCUT2D eigenvalue weighted by atomic mass is 9.90. The highest BCUT2D eigenvalue weighted by atomic mass is 32.2. The van der Waals surface area contributed by atoms with Crippen LogP contribution in [0, 0.1) is 23.7 Å². The SMILES string of the molecule is COc1ccc(-c2cccc(Oc3cc(C)c(C#N)cc3S(=O)(=O)CC(=O)CC(C)(C)C)c2)cc1. The molecule has 6 nitrogen and oxygen atoms in total. The lowest BCUT2D eigenvalue weighted by Crippen LogP contribution is -2.22. The van der Waals surface area contributed by atoms with E-state index in [9.17, 15) is 18.5 Å². The Balaban J connectivity index is 1.99. The molecule has 0 aromatic heterocycles. The Morgan fingerprint density at radius 3 is 2.26 bits per heavy atom. The second-order valence-electron chi connectivity index (χ2n) is 9.62. The lowest BCUT2D eigenvalue weighted by Gasteiger charge is -2.18. The van der Waals surface area contributed by atoms with Crippen molar-refractivity contribution in [3.05, 3.63) is 71.8 Å². The molecule has 0 fully saturated rings. The third-order valence-corrected chi connectivity index (χ3v) is 7.00. The third kappa shape index (κ3) is 6.71. The van der Waals surface area contributed by atoms with E-state index in [0.717, 1.165) is 16.9 Å². The molecule has 0 spiro atoms. The molecule has 3 aromatic carbocycles. The summed E-state index contributed by atoms with van der Waals surface area (Å²) in [6.45, 7) is 7.34. The van der Waals surface area contributed by atoms with Crippen molar-refractivity contribution >= 4 is 15.6 Å². The molecule has 0 N–H and O–H groups in total. The van der Waals surface area contributed by atoms with Crippen LogP contribution in [0.3, 0.4) is 0 Å². The molecule has 182 valence electrons. The van der Waals surface area contributed by atoms with E-state index in [1.54, 1.807) is 26.2 Å². The zero-order chi connectivity index (χ0) is 25.8. The maximum atomic E-state index is 13.2. The number of nitriles is 1. The number of Topliss-reactive ketones (excluding diaryl/α,β-unsaturated/α-hetero) is 1. The summed E-state index contributed by atoms with van der Waals surface area (Å²) < 4.78 is 37.7. The number of sulfone groups is 1. The lowest BCUT2D eigenvalue weighted by molar-refractivity contribution is -0.118. The van der Waals surface area contributed by atoms with E-state index in [2.05, 4.69) is 0 Å². The minimum Gasteiger partial charge on any atom is -0.497 e. The van der Waals surface area contributed by atoms with E-state index in [-0.39, 0.29) is 33.8 Å². The second kappa shape index (κ2) is 10.3. The Hall–Kier alpha value is -3.63. The Morgan fingerprint density at radius 1 is 0.971 bits per heavy atom. The standard InChI is InChI=1S/C28H29NO5S/c1-19-13-26(27(15-22(19)17-29)35(31,32)18-23(30)16-28(2,3)4)34-25-8-6-7-21(14-25)20-9-11-24(33-5)12-10-20/h6-15H,16,18H2,1-5H3. The van der Waals surface area contributed by atoms with E-state index < -0.39 is 15.6 Å². The molecule has 3 rings (SSSR count). The summed E-state index contributed by atoms with van der Waals surface area (Å²) in [5.74, 6) is 0.214. The average molecular weight is 492 g/mol. The molecule has 3 aromatic rings. The number of ether oxygens (including phenoxy) is 2. The number of benzene rings is 3. The van der Waals surface area contributed by atoms with Gasteiger partial charge in [0.25, 0.3) is 0 Å². The fraction of sp³-hybridized carbons (Fsp3) is 0.286. The van der Waals surface area contributed by atoms with E-state index in [4.69, 9.17) is 9.47 Å². The number of carbonyl (C=O) groups excluding carboxylic acids is 1. The number of rotatable bonds is 8. The van der Waals surface area contributed by atoms with Crippen LogP contribution < -0.4 is 9.47 Å². The first-order valence-corrected chi connectivity index (χ1v) is 12.8. The summed E-state index contributed by atoms with van der Waals surface area (Å²) in [5, 5.41) is 9.46. The molecule has 0 aliphatic heterocycles. The van der Waals surface area contributed by atoms with Crippen LogP contribution in [0.15, 0.2) is 65.6 Å². The zero-order valence-corrected chi connectivity index (χ0v) is 21.4. The van der Waals surface area contributed by atoms with Crippen molar-refractivity contribution in [2.45, 2.75) is 39.0 Å². The largest absolute Gasteiger partial charge is 0.497 e. The van der Waals surface area contributed by atoms with Crippen LogP contribution in [0.25, 0.3) is 11.1 Å². The Bertz CT molecular complexity index is 1380. The van der Waals surface area contributed by atoms with Crippen molar-refractivity contribution in [2.24, 2.45) is 5.41 Å². The molecule has 0 bridgehead atoms. The number of hydrogen-bond donors (Lipinski definition) is 0. The quantitative estimate of drug-likeness (QED) is 0.377. The first-order valence-electron chi connectivity index (χ1n) is 11.1. The molecule has 0 amide bonds. The number of nitrogens with zero attached hydrogens (tertiary/aromatic N) is 1. The van der Waals surface area contributed by atoms with Crippen LogP contribution in [0.5, 0.6) is 17.2 Å². The number of methoxy groups -OCH3 is 1. The predicted molar refractivity (Wildman–Crippen MR) is 136 cm³/mol. The van der Waals surface area contributed by atoms with E-state index in [1.165, 1.54) is 12.1 Å². The molecular weight excluding hydrogens is 462 g/mol. The van der Waals surface area contributed by atoms with Crippen molar-refractivity contribution in [3.63, 3.8) is 0 Å². The normalized spacial score (nSPS) is 11.5. The van der Waals surface area contributed by atoms with Crippen molar-refractivity contribution in [3.8, 4) is 34.4 Å². The fourth-order valence-corrected chi connectivity index (χ4v) is 5.07.